The number of amides is 1. The van der Waals surface area contributed by atoms with Gasteiger partial charge in [-0.1, -0.05) is 52.1 Å². The predicted molar refractivity (Wildman–Crippen MR) is 93.8 cm³/mol. The summed E-state index contributed by atoms with van der Waals surface area (Å²) in [6, 6.07) is 11.7. The number of nitrogens with zero attached hydrogens (tertiary/aromatic N) is 1. The van der Waals surface area contributed by atoms with Gasteiger partial charge in [-0.2, -0.15) is 0 Å². The minimum Gasteiger partial charge on any atom is -0.399 e. The fraction of sp³-hybridized carbons (Fsp3) is 0.125. The van der Waals surface area contributed by atoms with Gasteiger partial charge in [0, 0.05) is 15.6 Å². The van der Waals surface area contributed by atoms with E-state index in [4.69, 9.17) is 39.6 Å². The van der Waals surface area contributed by atoms with Gasteiger partial charge in [0.05, 0.1) is 17.1 Å². The van der Waals surface area contributed by atoms with Crippen molar-refractivity contribution in [3.05, 3.63) is 68.7 Å². The highest BCUT2D eigenvalue weighted by Gasteiger charge is 2.12. The van der Waals surface area contributed by atoms with Crippen LogP contribution < -0.4 is 5.32 Å². The molecule has 0 bridgehead atoms. The molecule has 0 aliphatic carbocycles. The molecule has 0 spiro atoms. The van der Waals surface area contributed by atoms with Crippen molar-refractivity contribution >= 4 is 46.4 Å². The maximum atomic E-state index is 12.2. The molecule has 4 nitrogen and oxygen atoms in total. The third-order valence-corrected chi connectivity index (χ3v) is 3.77. The number of carbonyl (C=O) groups is 1. The molecule has 0 saturated carbocycles. The van der Waals surface area contributed by atoms with Gasteiger partial charge in [-0.25, -0.2) is 0 Å². The minimum atomic E-state index is -0.329. The molecule has 23 heavy (non-hydrogen) atoms. The van der Waals surface area contributed by atoms with E-state index in [0.717, 1.165) is 5.56 Å². The second-order valence-electron chi connectivity index (χ2n) is 4.53. The number of hydrogen-bond acceptors (Lipinski definition) is 3. The molecule has 2 aromatic rings. The van der Waals surface area contributed by atoms with Crippen LogP contribution in [0.4, 0.5) is 0 Å². The summed E-state index contributed by atoms with van der Waals surface area (Å²) >= 11 is 17.7. The standard InChI is InChI=1S/C16H13Cl3N2O2/c1-23-21-15(10-2-4-11(17)5-3-10)9-20-16(22)13-7-6-12(18)8-14(13)19/h2-8H,9H2,1H3,(H,20,22)/b21-15+. The summed E-state index contributed by atoms with van der Waals surface area (Å²) in [4.78, 5) is 17.0. The largest absolute Gasteiger partial charge is 0.399 e. The normalized spacial score (nSPS) is 11.2. The lowest BCUT2D eigenvalue weighted by molar-refractivity contribution is 0.0959. The first-order valence-electron chi connectivity index (χ1n) is 6.60. The number of rotatable bonds is 5. The average Bonchev–Trinajstić information content (AvgIpc) is 2.52. The predicted octanol–water partition coefficient (Wildman–Crippen LogP) is 4.43. The molecule has 0 atom stereocenters. The van der Waals surface area contributed by atoms with Crippen molar-refractivity contribution in [1.82, 2.24) is 5.32 Å². The van der Waals surface area contributed by atoms with Gasteiger partial charge in [0.25, 0.3) is 5.91 Å². The highest BCUT2D eigenvalue weighted by Crippen LogP contribution is 2.20. The van der Waals surface area contributed by atoms with Crippen LogP contribution in [0.25, 0.3) is 0 Å². The Hall–Kier alpha value is -1.75. The maximum Gasteiger partial charge on any atom is 0.253 e. The number of hydrogen-bond donors (Lipinski definition) is 1. The first-order valence-corrected chi connectivity index (χ1v) is 7.74. The van der Waals surface area contributed by atoms with E-state index in [1.54, 1.807) is 36.4 Å². The van der Waals surface area contributed by atoms with E-state index in [1.165, 1.54) is 13.2 Å². The Labute approximate surface area is 149 Å². The molecule has 0 unspecified atom stereocenters. The van der Waals surface area contributed by atoms with Crippen molar-refractivity contribution in [3.63, 3.8) is 0 Å². The first kappa shape index (κ1) is 17.6. The summed E-state index contributed by atoms with van der Waals surface area (Å²) in [5.41, 5.74) is 1.69. The smallest absolute Gasteiger partial charge is 0.253 e. The summed E-state index contributed by atoms with van der Waals surface area (Å²) < 4.78 is 0. The lowest BCUT2D eigenvalue weighted by Crippen LogP contribution is -2.30. The second-order valence-corrected chi connectivity index (χ2v) is 5.81. The maximum absolute atomic E-state index is 12.2. The molecule has 0 heterocycles. The monoisotopic (exact) mass is 370 g/mol. The van der Waals surface area contributed by atoms with Gasteiger partial charge < -0.3 is 10.2 Å². The Kier molecular flexibility index (Phi) is 6.28. The van der Waals surface area contributed by atoms with E-state index >= 15 is 0 Å². The van der Waals surface area contributed by atoms with E-state index in [0.29, 0.717) is 21.3 Å². The van der Waals surface area contributed by atoms with Crippen LogP contribution in [-0.4, -0.2) is 25.3 Å². The van der Waals surface area contributed by atoms with Gasteiger partial charge in [-0.15, -0.1) is 0 Å². The number of halogens is 3. The zero-order chi connectivity index (χ0) is 16.8. The van der Waals surface area contributed by atoms with Gasteiger partial charge in [-0.05, 0) is 30.3 Å². The highest BCUT2D eigenvalue weighted by atomic mass is 35.5. The fourth-order valence-electron chi connectivity index (χ4n) is 1.87. The van der Waals surface area contributed by atoms with Gasteiger partial charge in [0.2, 0.25) is 0 Å². The van der Waals surface area contributed by atoms with Crippen LogP contribution in [0.5, 0.6) is 0 Å². The lowest BCUT2D eigenvalue weighted by Gasteiger charge is -2.09. The number of oxime groups is 1. The average molecular weight is 372 g/mol. The molecule has 120 valence electrons. The molecular formula is C16H13Cl3N2O2. The summed E-state index contributed by atoms with van der Waals surface area (Å²) in [5, 5.41) is 8.04. The SMILES string of the molecule is CO/N=C(\CNC(=O)c1ccc(Cl)cc1Cl)c1ccc(Cl)cc1. The van der Waals surface area contributed by atoms with Crippen LogP contribution in [0, 0.1) is 0 Å². The van der Waals surface area contributed by atoms with Gasteiger partial charge in [0.15, 0.2) is 0 Å². The molecule has 0 aromatic heterocycles. The van der Waals surface area contributed by atoms with Gasteiger partial charge >= 0.3 is 0 Å². The van der Waals surface area contributed by atoms with Crippen molar-refractivity contribution in [2.45, 2.75) is 0 Å². The number of carbonyl (C=O) groups excluding carboxylic acids is 1. The molecule has 0 fully saturated rings. The molecule has 0 radical (unpaired) electrons. The van der Waals surface area contributed by atoms with Crippen molar-refractivity contribution in [2.75, 3.05) is 13.7 Å². The van der Waals surface area contributed by atoms with Crippen LogP contribution in [0.3, 0.4) is 0 Å². The third-order valence-electron chi connectivity index (χ3n) is 2.97. The summed E-state index contributed by atoms with van der Waals surface area (Å²) in [5.74, 6) is -0.329. The Balaban J connectivity index is 2.11. The Morgan fingerprint density at radius 2 is 1.74 bits per heavy atom. The van der Waals surface area contributed by atoms with E-state index in [9.17, 15) is 4.79 Å². The van der Waals surface area contributed by atoms with Crippen molar-refractivity contribution < 1.29 is 9.63 Å². The van der Waals surface area contributed by atoms with Gasteiger partial charge in [-0.3, -0.25) is 4.79 Å². The second kappa shape index (κ2) is 8.20. The first-order chi connectivity index (χ1) is 11.0. The van der Waals surface area contributed by atoms with Crippen LogP contribution in [0.2, 0.25) is 15.1 Å². The van der Waals surface area contributed by atoms with E-state index in [1.807, 2.05) is 0 Å². The summed E-state index contributed by atoms with van der Waals surface area (Å²) in [7, 11) is 1.44. The van der Waals surface area contributed by atoms with Crippen molar-refractivity contribution in [2.24, 2.45) is 5.16 Å². The Morgan fingerprint density at radius 1 is 1.09 bits per heavy atom. The summed E-state index contributed by atoms with van der Waals surface area (Å²) in [6.45, 7) is 0.174. The fourth-order valence-corrected chi connectivity index (χ4v) is 2.49. The highest BCUT2D eigenvalue weighted by molar-refractivity contribution is 6.36. The van der Waals surface area contributed by atoms with Crippen LogP contribution in [-0.2, 0) is 4.84 Å². The van der Waals surface area contributed by atoms with Crippen LogP contribution in [0.1, 0.15) is 15.9 Å². The molecule has 2 aromatic carbocycles. The number of benzene rings is 2. The van der Waals surface area contributed by atoms with Crippen LogP contribution >= 0.6 is 34.8 Å². The van der Waals surface area contributed by atoms with Crippen molar-refractivity contribution in [3.8, 4) is 0 Å². The topological polar surface area (TPSA) is 50.7 Å². The molecule has 0 aliphatic heterocycles. The molecule has 0 aliphatic rings. The van der Waals surface area contributed by atoms with Crippen molar-refractivity contribution in [1.29, 1.82) is 0 Å². The summed E-state index contributed by atoms with van der Waals surface area (Å²) in [6.07, 6.45) is 0. The Bertz CT molecular complexity index is 731. The zero-order valence-corrected chi connectivity index (χ0v) is 14.4. The van der Waals surface area contributed by atoms with Crippen LogP contribution in [0.15, 0.2) is 47.6 Å². The zero-order valence-electron chi connectivity index (χ0n) is 12.1. The number of nitrogens with one attached hydrogen (secondary N) is 1. The third kappa shape index (κ3) is 4.86. The molecule has 0 saturated heterocycles. The Morgan fingerprint density at radius 3 is 2.35 bits per heavy atom. The van der Waals surface area contributed by atoms with E-state index < -0.39 is 0 Å². The lowest BCUT2D eigenvalue weighted by atomic mass is 10.1. The van der Waals surface area contributed by atoms with Gasteiger partial charge in [0.1, 0.15) is 12.8 Å². The molecule has 7 heteroatoms. The van der Waals surface area contributed by atoms with E-state index in [-0.39, 0.29) is 17.5 Å². The molecule has 1 N–H and O–H groups in total. The molecule has 1 amide bonds. The quantitative estimate of drug-likeness (QED) is 0.624. The molecular weight excluding hydrogens is 359 g/mol. The minimum absolute atomic E-state index is 0.174. The molecule has 2 rings (SSSR count). The van der Waals surface area contributed by atoms with E-state index in [2.05, 4.69) is 10.5 Å².